The Labute approximate surface area is 217 Å². The molecule has 5 heteroatoms. The van der Waals surface area contributed by atoms with Crippen LogP contribution in [0.15, 0.2) is 12.2 Å². The minimum absolute atomic E-state index is 0.00364. The van der Waals surface area contributed by atoms with Crippen molar-refractivity contribution in [1.82, 2.24) is 5.32 Å². The van der Waals surface area contributed by atoms with E-state index in [0.29, 0.717) is 0 Å². The molecule has 0 saturated heterocycles. The van der Waals surface area contributed by atoms with Crippen LogP contribution in [-0.2, 0) is 19.1 Å². The van der Waals surface area contributed by atoms with Gasteiger partial charge in [0.15, 0.2) is 0 Å². The van der Waals surface area contributed by atoms with Gasteiger partial charge in [-0.25, -0.2) is 0 Å². The van der Waals surface area contributed by atoms with Crippen LogP contribution >= 0.6 is 0 Å². The molecule has 0 rings (SSSR count). The number of carbonyl (C=O) groups is 2. The topological polar surface area (TPSA) is 64.6 Å². The molecule has 0 aromatic heterocycles. The highest BCUT2D eigenvalue weighted by atomic mass is 16.5. The van der Waals surface area contributed by atoms with E-state index in [4.69, 9.17) is 9.47 Å². The first-order valence-electron chi connectivity index (χ1n) is 14.8. The Morgan fingerprint density at radius 3 is 1.69 bits per heavy atom. The molecule has 0 aromatic rings. The molecule has 35 heavy (non-hydrogen) atoms. The summed E-state index contributed by atoms with van der Waals surface area (Å²) in [5.74, 6) is -0.615. The predicted molar refractivity (Wildman–Crippen MR) is 148 cm³/mol. The quantitative estimate of drug-likeness (QED) is 0.0747. The fourth-order valence-corrected chi connectivity index (χ4v) is 4.13. The standard InChI is InChI=1S/C30H57NO4/c1-4-7-10-13-16-19-22-25-34-29(32)26-31-27-30(33)35-28(23-20-17-14-11-8-5-2)24-21-18-15-12-9-6-3/h19,22,28,31H,4-18,20-21,23-27H2,1-3H3/b22-19-. The highest BCUT2D eigenvalue weighted by molar-refractivity contribution is 5.75. The first-order chi connectivity index (χ1) is 17.1. The molecule has 5 nitrogen and oxygen atoms in total. The van der Waals surface area contributed by atoms with Gasteiger partial charge in [0.2, 0.25) is 0 Å². The van der Waals surface area contributed by atoms with E-state index < -0.39 is 0 Å². The summed E-state index contributed by atoms with van der Waals surface area (Å²) >= 11 is 0. The maximum Gasteiger partial charge on any atom is 0.320 e. The van der Waals surface area contributed by atoms with Crippen LogP contribution in [0, 0.1) is 0 Å². The van der Waals surface area contributed by atoms with Crippen molar-refractivity contribution in [2.75, 3.05) is 19.7 Å². The summed E-state index contributed by atoms with van der Waals surface area (Å²) in [4.78, 5) is 24.2. The number of esters is 2. The zero-order valence-corrected chi connectivity index (χ0v) is 23.4. The van der Waals surface area contributed by atoms with Crippen molar-refractivity contribution in [2.45, 2.75) is 149 Å². The molecule has 0 aliphatic rings. The van der Waals surface area contributed by atoms with E-state index in [1.54, 1.807) is 0 Å². The zero-order valence-electron chi connectivity index (χ0n) is 23.4. The number of carbonyl (C=O) groups excluding carboxylic acids is 2. The average molecular weight is 496 g/mol. The summed E-state index contributed by atoms with van der Waals surface area (Å²) in [5, 5.41) is 2.87. The van der Waals surface area contributed by atoms with Crippen LogP contribution in [0.4, 0.5) is 0 Å². The van der Waals surface area contributed by atoms with Gasteiger partial charge in [0.05, 0.1) is 13.1 Å². The van der Waals surface area contributed by atoms with Gasteiger partial charge in [0, 0.05) is 0 Å². The molecule has 0 radical (unpaired) electrons. The molecule has 0 amide bonds. The van der Waals surface area contributed by atoms with Gasteiger partial charge >= 0.3 is 11.9 Å². The molecule has 0 aliphatic heterocycles. The van der Waals surface area contributed by atoms with E-state index in [9.17, 15) is 9.59 Å². The Morgan fingerprint density at radius 2 is 1.11 bits per heavy atom. The monoisotopic (exact) mass is 495 g/mol. The molecular weight excluding hydrogens is 438 g/mol. The largest absolute Gasteiger partial charge is 0.461 e. The van der Waals surface area contributed by atoms with Crippen LogP contribution in [-0.4, -0.2) is 37.7 Å². The molecule has 1 N–H and O–H groups in total. The van der Waals surface area contributed by atoms with Crippen molar-refractivity contribution in [3.63, 3.8) is 0 Å². The lowest BCUT2D eigenvalue weighted by atomic mass is 10.0. The van der Waals surface area contributed by atoms with Gasteiger partial charge in [-0.3, -0.25) is 14.9 Å². The third-order valence-corrected chi connectivity index (χ3v) is 6.33. The third kappa shape index (κ3) is 25.5. The molecule has 206 valence electrons. The molecule has 0 bridgehead atoms. The number of rotatable bonds is 26. The average Bonchev–Trinajstić information content (AvgIpc) is 2.84. The fraction of sp³-hybridized carbons (Fsp3) is 0.867. The summed E-state index contributed by atoms with van der Waals surface area (Å²) in [6, 6.07) is 0. The van der Waals surface area contributed by atoms with Gasteiger partial charge in [0.1, 0.15) is 12.7 Å². The second-order valence-corrected chi connectivity index (χ2v) is 9.83. The number of hydrogen-bond acceptors (Lipinski definition) is 5. The van der Waals surface area contributed by atoms with Gasteiger partial charge in [-0.05, 0) is 38.5 Å². The number of allylic oxidation sites excluding steroid dienone is 1. The Kier molecular flexibility index (Phi) is 26.2. The Bertz CT molecular complexity index is 491. The van der Waals surface area contributed by atoms with Crippen molar-refractivity contribution in [2.24, 2.45) is 0 Å². The highest BCUT2D eigenvalue weighted by Gasteiger charge is 2.14. The van der Waals surface area contributed by atoms with E-state index in [1.165, 1.54) is 89.9 Å². The van der Waals surface area contributed by atoms with Gasteiger partial charge in [0.25, 0.3) is 0 Å². The molecule has 0 atom stereocenters. The van der Waals surface area contributed by atoms with Crippen molar-refractivity contribution < 1.29 is 19.1 Å². The fourth-order valence-electron chi connectivity index (χ4n) is 4.13. The first kappa shape index (κ1) is 33.6. The van der Waals surface area contributed by atoms with Crippen LogP contribution in [0.25, 0.3) is 0 Å². The zero-order chi connectivity index (χ0) is 25.8. The van der Waals surface area contributed by atoms with Crippen LogP contribution in [0.2, 0.25) is 0 Å². The second kappa shape index (κ2) is 27.2. The molecule has 0 unspecified atom stereocenters. The van der Waals surface area contributed by atoms with Crippen molar-refractivity contribution >= 4 is 11.9 Å². The lowest BCUT2D eigenvalue weighted by molar-refractivity contribution is -0.149. The molecule has 0 aliphatic carbocycles. The number of hydrogen-bond donors (Lipinski definition) is 1. The highest BCUT2D eigenvalue weighted by Crippen LogP contribution is 2.17. The van der Waals surface area contributed by atoms with E-state index in [1.807, 2.05) is 6.08 Å². The summed E-state index contributed by atoms with van der Waals surface area (Å²) in [6.45, 7) is 7.03. The minimum atomic E-state index is -0.343. The van der Waals surface area contributed by atoms with Crippen molar-refractivity contribution in [3.05, 3.63) is 12.2 Å². The second-order valence-electron chi connectivity index (χ2n) is 9.83. The van der Waals surface area contributed by atoms with Crippen LogP contribution in [0.3, 0.4) is 0 Å². The molecule has 0 saturated carbocycles. The maximum atomic E-state index is 12.3. The summed E-state index contributed by atoms with van der Waals surface area (Å²) in [5.41, 5.74) is 0. The lowest BCUT2D eigenvalue weighted by Crippen LogP contribution is -2.32. The molecule has 0 fully saturated rings. The van der Waals surface area contributed by atoms with E-state index in [2.05, 4.69) is 32.2 Å². The first-order valence-corrected chi connectivity index (χ1v) is 14.8. The van der Waals surface area contributed by atoms with Crippen molar-refractivity contribution in [1.29, 1.82) is 0 Å². The van der Waals surface area contributed by atoms with Crippen molar-refractivity contribution in [3.8, 4) is 0 Å². The van der Waals surface area contributed by atoms with Crippen LogP contribution in [0.1, 0.15) is 143 Å². The summed E-state index contributed by atoms with van der Waals surface area (Å²) < 4.78 is 11.0. The van der Waals surface area contributed by atoms with E-state index >= 15 is 0 Å². The normalized spacial score (nSPS) is 11.4. The SMILES string of the molecule is CCCCCC/C=C\COC(=O)CNCC(=O)OC(CCCCCCCC)CCCCCCCC. The van der Waals surface area contributed by atoms with Crippen LogP contribution < -0.4 is 5.32 Å². The van der Waals surface area contributed by atoms with Gasteiger partial charge < -0.3 is 9.47 Å². The minimum Gasteiger partial charge on any atom is -0.461 e. The smallest absolute Gasteiger partial charge is 0.320 e. The predicted octanol–water partition coefficient (Wildman–Crippen LogP) is 8.06. The molecule has 0 aromatic carbocycles. The summed E-state index contributed by atoms with van der Waals surface area (Å²) in [6.07, 6.45) is 26.7. The van der Waals surface area contributed by atoms with Gasteiger partial charge in [-0.2, -0.15) is 0 Å². The molecule has 0 spiro atoms. The summed E-state index contributed by atoms with van der Waals surface area (Å²) in [7, 11) is 0. The number of ether oxygens (including phenoxy) is 2. The molecule has 0 heterocycles. The maximum absolute atomic E-state index is 12.3. The van der Waals surface area contributed by atoms with Crippen LogP contribution in [0.5, 0.6) is 0 Å². The number of nitrogens with one attached hydrogen (secondary N) is 1. The van der Waals surface area contributed by atoms with Gasteiger partial charge in [-0.15, -0.1) is 0 Å². The van der Waals surface area contributed by atoms with E-state index in [0.717, 1.165) is 32.1 Å². The Hall–Kier alpha value is -1.36. The Balaban J connectivity index is 4.08. The molecular formula is C30H57NO4. The lowest BCUT2D eigenvalue weighted by Gasteiger charge is -2.18. The number of unbranched alkanes of at least 4 members (excludes halogenated alkanes) is 14. The van der Waals surface area contributed by atoms with Gasteiger partial charge in [-0.1, -0.05) is 116 Å². The Morgan fingerprint density at radius 1 is 0.629 bits per heavy atom. The van der Waals surface area contributed by atoms with E-state index in [-0.39, 0.29) is 37.7 Å². The third-order valence-electron chi connectivity index (χ3n) is 6.33.